The van der Waals surface area contributed by atoms with Crippen LogP contribution in [0.25, 0.3) is 0 Å². The van der Waals surface area contributed by atoms with E-state index in [1.165, 1.54) is 12.8 Å². The molecule has 0 saturated heterocycles. The number of hydrogen-bond donors (Lipinski definition) is 1. The van der Waals surface area contributed by atoms with Crippen LogP contribution in [0.5, 0.6) is 0 Å². The highest BCUT2D eigenvalue weighted by molar-refractivity contribution is 4.88. The Balaban J connectivity index is 2.16. The minimum atomic E-state index is 0.658. The average Bonchev–Trinajstić information content (AvgIpc) is 2.94. The van der Waals surface area contributed by atoms with Crippen LogP contribution in [0.3, 0.4) is 0 Å². The first-order chi connectivity index (χ1) is 7.02. The van der Waals surface area contributed by atoms with E-state index in [-0.39, 0.29) is 0 Å². The van der Waals surface area contributed by atoms with Crippen molar-refractivity contribution in [1.82, 2.24) is 10.2 Å². The monoisotopic (exact) mass is 212 g/mol. The van der Waals surface area contributed by atoms with E-state index in [1.54, 1.807) is 0 Å². The van der Waals surface area contributed by atoms with Crippen LogP contribution in [-0.4, -0.2) is 37.1 Å². The Morgan fingerprint density at radius 1 is 1.20 bits per heavy atom. The van der Waals surface area contributed by atoms with Crippen molar-refractivity contribution in [3.8, 4) is 0 Å². The number of likely N-dealkylation sites (N-methyl/N-ethyl adjacent to an activating group) is 1. The molecule has 0 aromatic carbocycles. The predicted molar refractivity (Wildman–Crippen MR) is 67.1 cm³/mol. The van der Waals surface area contributed by atoms with Crippen molar-refractivity contribution < 1.29 is 0 Å². The molecule has 1 N–H and O–H groups in total. The van der Waals surface area contributed by atoms with Crippen molar-refractivity contribution in [2.75, 3.05) is 20.1 Å². The quantitative estimate of drug-likeness (QED) is 0.697. The maximum atomic E-state index is 3.73. The van der Waals surface area contributed by atoms with Crippen LogP contribution in [-0.2, 0) is 0 Å². The van der Waals surface area contributed by atoms with Crippen LogP contribution >= 0.6 is 0 Å². The van der Waals surface area contributed by atoms with Gasteiger partial charge in [0, 0.05) is 25.2 Å². The minimum Gasteiger partial charge on any atom is -0.312 e. The lowest BCUT2D eigenvalue weighted by molar-refractivity contribution is 0.257. The third-order valence-electron chi connectivity index (χ3n) is 3.57. The highest BCUT2D eigenvalue weighted by Gasteiger charge is 2.32. The van der Waals surface area contributed by atoms with Crippen LogP contribution in [0.15, 0.2) is 0 Å². The molecule has 2 heteroatoms. The molecular formula is C13H28N2. The predicted octanol–water partition coefficient (Wildman–Crippen LogP) is 2.35. The summed E-state index contributed by atoms with van der Waals surface area (Å²) in [5, 5.41) is 3.73. The Bertz CT molecular complexity index is 171. The lowest BCUT2D eigenvalue weighted by Crippen LogP contribution is -2.41. The summed E-state index contributed by atoms with van der Waals surface area (Å²) in [5.74, 6) is 1.75. The molecule has 90 valence electrons. The zero-order valence-corrected chi connectivity index (χ0v) is 11.1. The molecule has 0 aromatic rings. The molecule has 1 saturated carbocycles. The second kappa shape index (κ2) is 5.86. The van der Waals surface area contributed by atoms with Gasteiger partial charge in [-0.2, -0.15) is 0 Å². The summed E-state index contributed by atoms with van der Waals surface area (Å²) in [6.07, 6.45) is 2.88. The van der Waals surface area contributed by atoms with Crippen molar-refractivity contribution in [2.24, 2.45) is 11.8 Å². The van der Waals surface area contributed by atoms with Crippen LogP contribution in [0.4, 0.5) is 0 Å². The second-order valence-corrected chi connectivity index (χ2v) is 5.64. The Labute approximate surface area is 95.4 Å². The van der Waals surface area contributed by atoms with Gasteiger partial charge in [-0.3, -0.25) is 0 Å². The van der Waals surface area contributed by atoms with Gasteiger partial charge in [-0.25, -0.2) is 0 Å². The van der Waals surface area contributed by atoms with E-state index in [1.807, 2.05) is 0 Å². The molecule has 0 bridgehead atoms. The molecule has 0 aromatic heterocycles. The highest BCUT2D eigenvalue weighted by Crippen LogP contribution is 2.35. The molecule has 1 rings (SSSR count). The second-order valence-electron chi connectivity index (χ2n) is 5.64. The van der Waals surface area contributed by atoms with Gasteiger partial charge in [-0.05, 0) is 45.6 Å². The number of nitrogens with one attached hydrogen (secondary N) is 1. The van der Waals surface area contributed by atoms with Gasteiger partial charge < -0.3 is 10.2 Å². The van der Waals surface area contributed by atoms with E-state index in [0.29, 0.717) is 6.04 Å². The molecule has 0 spiro atoms. The summed E-state index contributed by atoms with van der Waals surface area (Å²) in [7, 11) is 2.20. The average molecular weight is 212 g/mol. The van der Waals surface area contributed by atoms with E-state index in [4.69, 9.17) is 0 Å². The van der Waals surface area contributed by atoms with Gasteiger partial charge >= 0.3 is 0 Å². The first-order valence-electron chi connectivity index (χ1n) is 6.46. The molecule has 1 aliphatic carbocycles. The van der Waals surface area contributed by atoms with Gasteiger partial charge in [0.2, 0.25) is 0 Å². The lowest BCUT2D eigenvalue weighted by Gasteiger charge is -2.26. The summed E-state index contributed by atoms with van der Waals surface area (Å²) in [6, 6.07) is 1.41. The Kier molecular flexibility index (Phi) is 5.07. The number of nitrogens with zero attached hydrogens (tertiary/aromatic N) is 1. The van der Waals surface area contributed by atoms with Crippen molar-refractivity contribution in [3.63, 3.8) is 0 Å². The Morgan fingerprint density at radius 2 is 1.80 bits per heavy atom. The van der Waals surface area contributed by atoms with Crippen molar-refractivity contribution in [1.29, 1.82) is 0 Å². The number of rotatable bonds is 7. The molecule has 1 fully saturated rings. The van der Waals surface area contributed by atoms with Crippen LogP contribution in [0.1, 0.15) is 40.5 Å². The topological polar surface area (TPSA) is 15.3 Å². The molecule has 15 heavy (non-hydrogen) atoms. The molecule has 0 heterocycles. The van der Waals surface area contributed by atoms with Crippen molar-refractivity contribution >= 4 is 0 Å². The molecule has 1 aliphatic rings. The highest BCUT2D eigenvalue weighted by atomic mass is 15.1. The fourth-order valence-electron chi connectivity index (χ4n) is 2.07. The van der Waals surface area contributed by atoms with Gasteiger partial charge in [0.25, 0.3) is 0 Å². The first-order valence-corrected chi connectivity index (χ1v) is 6.46. The number of hydrogen-bond acceptors (Lipinski definition) is 2. The molecule has 2 nitrogen and oxygen atoms in total. The van der Waals surface area contributed by atoms with Crippen LogP contribution < -0.4 is 5.32 Å². The molecule has 1 atom stereocenters. The van der Waals surface area contributed by atoms with E-state index in [0.717, 1.165) is 31.0 Å². The minimum absolute atomic E-state index is 0.658. The fraction of sp³-hybridized carbons (Fsp3) is 1.00. The third-order valence-corrected chi connectivity index (χ3v) is 3.57. The van der Waals surface area contributed by atoms with Gasteiger partial charge in [0.1, 0.15) is 0 Å². The maximum Gasteiger partial charge on any atom is 0.0119 e. The lowest BCUT2D eigenvalue weighted by atomic mass is 10.00. The summed E-state index contributed by atoms with van der Waals surface area (Å²) < 4.78 is 0. The van der Waals surface area contributed by atoms with E-state index in [2.05, 4.69) is 45.0 Å². The van der Waals surface area contributed by atoms with Gasteiger partial charge in [-0.1, -0.05) is 13.8 Å². The Morgan fingerprint density at radius 3 is 2.20 bits per heavy atom. The molecule has 0 radical (unpaired) electrons. The van der Waals surface area contributed by atoms with Crippen LogP contribution in [0.2, 0.25) is 0 Å². The summed E-state index contributed by atoms with van der Waals surface area (Å²) >= 11 is 0. The standard InChI is InChI=1S/C13H28N2/c1-10(2)13(12-6-7-12)14-8-9-15(5)11(3)4/h10-14H,6-9H2,1-5H3. The van der Waals surface area contributed by atoms with E-state index < -0.39 is 0 Å². The van der Waals surface area contributed by atoms with Crippen LogP contribution in [0, 0.1) is 11.8 Å². The van der Waals surface area contributed by atoms with Gasteiger partial charge in [0.15, 0.2) is 0 Å². The zero-order chi connectivity index (χ0) is 11.4. The summed E-state index contributed by atoms with van der Waals surface area (Å²) in [5.41, 5.74) is 0. The summed E-state index contributed by atoms with van der Waals surface area (Å²) in [4.78, 5) is 2.40. The summed E-state index contributed by atoms with van der Waals surface area (Å²) in [6.45, 7) is 11.5. The zero-order valence-electron chi connectivity index (χ0n) is 11.1. The largest absolute Gasteiger partial charge is 0.312 e. The maximum absolute atomic E-state index is 3.73. The molecule has 1 unspecified atom stereocenters. The SMILES string of the molecule is CC(C)C(NCCN(C)C(C)C)C1CC1. The van der Waals surface area contributed by atoms with E-state index in [9.17, 15) is 0 Å². The smallest absolute Gasteiger partial charge is 0.0119 e. The normalized spacial score (nSPS) is 19.2. The Hall–Kier alpha value is -0.0800. The molecule has 0 amide bonds. The van der Waals surface area contributed by atoms with Gasteiger partial charge in [-0.15, -0.1) is 0 Å². The third kappa shape index (κ3) is 4.52. The molecular weight excluding hydrogens is 184 g/mol. The molecule has 0 aliphatic heterocycles. The van der Waals surface area contributed by atoms with Gasteiger partial charge in [0.05, 0.1) is 0 Å². The fourth-order valence-corrected chi connectivity index (χ4v) is 2.07. The van der Waals surface area contributed by atoms with E-state index >= 15 is 0 Å². The first kappa shape index (κ1) is 13.0. The van der Waals surface area contributed by atoms with Crippen molar-refractivity contribution in [2.45, 2.75) is 52.6 Å². The van der Waals surface area contributed by atoms with Crippen molar-refractivity contribution in [3.05, 3.63) is 0 Å².